The van der Waals surface area contributed by atoms with E-state index < -0.39 is 0 Å². The van der Waals surface area contributed by atoms with Crippen LogP contribution in [-0.2, 0) is 23.2 Å². The molecule has 1 fully saturated rings. The van der Waals surface area contributed by atoms with E-state index in [4.69, 9.17) is 4.74 Å². The van der Waals surface area contributed by atoms with Gasteiger partial charge in [-0.25, -0.2) is 9.78 Å². The highest BCUT2D eigenvalue weighted by Crippen LogP contribution is 2.52. The lowest BCUT2D eigenvalue weighted by Crippen LogP contribution is -2.42. The summed E-state index contributed by atoms with van der Waals surface area (Å²) in [4.78, 5) is 20.5. The van der Waals surface area contributed by atoms with E-state index >= 15 is 0 Å². The summed E-state index contributed by atoms with van der Waals surface area (Å²) in [6.07, 6.45) is 4.44. The standard InChI is InChI=1S/C18H19N3O2S/c22-17(20-16-19-13-6-9-23-10-15(13)24-16)21-11-18(7-3-8-18)12-4-1-2-5-14(12)21/h1-2,4-5H,3,6-11H2,(H,19,20,22). The lowest BCUT2D eigenvalue weighted by molar-refractivity contribution is 0.112. The van der Waals surface area contributed by atoms with Crippen LogP contribution in [0.4, 0.5) is 15.6 Å². The number of ether oxygens (including phenoxy) is 1. The molecule has 0 atom stereocenters. The predicted octanol–water partition coefficient (Wildman–Crippen LogP) is 3.69. The first-order valence-electron chi connectivity index (χ1n) is 8.50. The Morgan fingerprint density at radius 2 is 2.21 bits per heavy atom. The fraction of sp³-hybridized carbons (Fsp3) is 0.444. The Balaban J connectivity index is 1.40. The van der Waals surface area contributed by atoms with Crippen LogP contribution in [-0.4, -0.2) is 24.2 Å². The van der Waals surface area contributed by atoms with Crippen LogP contribution in [0.25, 0.3) is 0 Å². The molecule has 1 saturated carbocycles. The summed E-state index contributed by atoms with van der Waals surface area (Å²) in [5.74, 6) is 0. The molecule has 1 aromatic heterocycles. The third-order valence-corrected chi connectivity index (χ3v) is 6.48. The molecular formula is C18H19N3O2S. The van der Waals surface area contributed by atoms with Crippen LogP contribution in [0.1, 0.15) is 35.4 Å². The van der Waals surface area contributed by atoms with Crippen LogP contribution in [0.15, 0.2) is 24.3 Å². The zero-order chi connectivity index (χ0) is 16.1. The van der Waals surface area contributed by atoms with Crippen molar-refractivity contribution >= 4 is 28.2 Å². The van der Waals surface area contributed by atoms with E-state index in [2.05, 4.69) is 28.5 Å². The first kappa shape index (κ1) is 14.4. The fourth-order valence-electron chi connectivity index (χ4n) is 4.08. The number of benzene rings is 1. The van der Waals surface area contributed by atoms with Gasteiger partial charge in [-0.15, -0.1) is 0 Å². The zero-order valence-electron chi connectivity index (χ0n) is 13.4. The molecule has 6 heteroatoms. The minimum atomic E-state index is -0.0711. The average molecular weight is 341 g/mol. The number of nitrogens with one attached hydrogen (secondary N) is 1. The smallest absolute Gasteiger partial charge is 0.328 e. The molecule has 124 valence electrons. The van der Waals surface area contributed by atoms with E-state index in [1.54, 1.807) is 0 Å². The Hall–Kier alpha value is -1.92. The van der Waals surface area contributed by atoms with Gasteiger partial charge in [-0.1, -0.05) is 36.0 Å². The van der Waals surface area contributed by atoms with E-state index in [0.717, 1.165) is 29.2 Å². The summed E-state index contributed by atoms with van der Waals surface area (Å²) in [5, 5.41) is 3.69. The minimum absolute atomic E-state index is 0.0711. The molecule has 1 spiro atoms. The van der Waals surface area contributed by atoms with Crippen LogP contribution in [0, 0.1) is 0 Å². The molecule has 0 unspecified atom stereocenters. The Morgan fingerprint density at radius 3 is 3.00 bits per heavy atom. The highest BCUT2D eigenvalue weighted by molar-refractivity contribution is 7.15. The third-order valence-electron chi connectivity index (χ3n) is 5.49. The Labute approximate surface area is 144 Å². The van der Waals surface area contributed by atoms with E-state index in [1.807, 2.05) is 11.0 Å². The number of hydrogen-bond acceptors (Lipinski definition) is 4. The number of anilines is 2. The van der Waals surface area contributed by atoms with Gasteiger partial charge in [0.15, 0.2) is 5.13 Å². The molecule has 0 radical (unpaired) electrons. The molecule has 3 aliphatic rings. The molecule has 5 nitrogen and oxygen atoms in total. The molecule has 0 bridgehead atoms. The molecule has 24 heavy (non-hydrogen) atoms. The van der Waals surface area contributed by atoms with Crippen molar-refractivity contribution in [3.63, 3.8) is 0 Å². The number of rotatable bonds is 1. The van der Waals surface area contributed by atoms with E-state index in [9.17, 15) is 4.79 Å². The van der Waals surface area contributed by atoms with Crippen LogP contribution in [0.5, 0.6) is 0 Å². The molecule has 3 heterocycles. The number of urea groups is 1. The van der Waals surface area contributed by atoms with Crippen LogP contribution in [0.2, 0.25) is 0 Å². The van der Waals surface area contributed by atoms with Crippen molar-refractivity contribution in [1.29, 1.82) is 0 Å². The van der Waals surface area contributed by atoms with Gasteiger partial charge in [0.25, 0.3) is 0 Å². The predicted molar refractivity (Wildman–Crippen MR) is 93.8 cm³/mol. The minimum Gasteiger partial charge on any atom is -0.375 e. The summed E-state index contributed by atoms with van der Waals surface area (Å²) in [5.41, 5.74) is 3.64. The molecule has 1 aromatic carbocycles. The lowest BCUT2D eigenvalue weighted by Gasteiger charge is -2.38. The van der Waals surface area contributed by atoms with Gasteiger partial charge in [-0.2, -0.15) is 0 Å². The SMILES string of the molecule is O=C(Nc1nc2c(s1)COCC2)N1CC2(CCC2)c2ccccc21. The maximum Gasteiger partial charge on any atom is 0.328 e. The second-order valence-electron chi connectivity index (χ2n) is 6.86. The summed E-state index contributed by atoms with van der Waals surface area (Å²) >= 11 is 1.53. The molecule has 1 N–H and O–H groups in total. The van der Waals surface area contributed by atoms with E-state index in [0.29, 0.717) is 18.3 Å². The van der Waals surface area contributed by atoms with Gasteiger partial charge < -0.3 is 4.74 Å². The van der Waals surface area contributed by atoms with Crippen molar-refractivity contribution in [2.75, 3.05) is 23.4 Å². The van der Waals surface area contributed by atoms with Crippen molar-refractivity contribution in [2.45, 2.75) is 37.7 Å². The maximum atomic E-state index is 12.9. The van der Waals surface area contributed by atoms with Crippen molar-refractivity contribution in [3.05, 3.63) is 40.4 Å². The zero-order valence-corrected chi connectivity index (χ0v) is 14.2. The summed E-state index contributed by atoms with van der Waals surface area (Å²) < 4.78 is 5.46. The largest absolute Gasteiger partial charge is 0.375 e. The number of hydrogen-bond donors (Lipinski definition) is 1. The van der Waals surface area contributed by atoms with E-state index in [1.165, 1.54) is 36.2 Å². The topological polar surface area (TPSA) is 54.5 Å². The lowest BCUT2D eigenvalue weighted by atomic mass is 9.66. The number of nitrogens with zero attached hydrogens (tertiary/aromatic N) is 2. The van der Waals surface area contributed by atoms with Crippen molar-refractivity contribution in [1.82, 2.24) is 4.98 Å². The van der Waals surface area contributed by atoms with Gasteiger partial charge in [0.1, 0.15) is 0 Å². The van der Waals surface area contributed by atoms with Crippen LogP contribution in [0.3, 0.4) is 0 Å². The van der Waals surface area contributed by atoms with Gasteiger partial charge in [0.05, 0.1) is 23.8 Å². The van der Waals surface area contributed by atoms with Crippen molar-refractivity contribution in [3.8, 4) is 0 Å². The molecule has 2 aromatic rings. The first-order valence-corrected chi connectivity index (χ1v) is 9.31. The van der Waals surface area contributed by atoms with Gasteiger partial charge in [-0.3, -0.25) is 10.2 Å². The summed E-state index contributed by atoms with van der Waals surface area (Å²) in [6, 6.07) is 8.26. The number of fused-ring (bicyclic) bond motifs is 3. The van der Waals surface area contributed by atoms with Gasteiger partial charge in [0.2, 0.25) is 0 Å². The van der Waals surface area contributed by atoms with Crippen LogP contribution < -0.4 is 10.2 Å². The normalized spacial score (nSPS) is 20.4. The Morgan fingerprint density at radius 1 is 1.33 bits per heavy atom. The third kappa shape index (κ3) is 2.09. The molecule has 2 amide bonds. The Kier molecular flexibility index (Phi) is 3.18. The highest BCUT2D eigenvalue weighted by Gasteiger charge is 2.48. The number of para-hydroxylation sites is 1. The quantitative estimate of drug-likeness (QED) is 0.861. The summed E-state index contributed by atoms with van der Waals surface area (Å²) in [7, 11) is 0. The van der Waals surface area contributed by atoms with Crippen molar-refractivity contribution in [2.24, 2.45) is 0 Å². The van der Waals surface area contributed by atoms with Crippen LogP contribution >= 0.6 is 11.3 Å². The number of aromatic nitrogens is 1. The second-order valence-corrected chi connectivity index (χ2v) is 7.94. The number of thiazole rings is 1. The van der Waals surface area contributed by atoms with E-state index in [-0.39, 0.29) is 11.4 Å². The number of amides is 2. The second kappa shape index (κ2) is 5.29. The summed E-state index contributed by atoms with van der Waals surface area (Å²) in [6.45, 7) is 2.11. The molecule has 0 saturated heterocycles. The fourth-order valence-corrected chi connectivity index (χ4v) is 5.02. The Bertz CT molecular complexity index is 789. The molecular weight excluding hydrogens is 322 g/mol. The number of carbonyl (C=O) groups is 1. The average Bonchev–Trinajstić information content (AvgIpc) is 3.12. The molecule has 1 aliphatic carbocycles. The van der Waals surface area contributed by atoms with Gasteiger partial charge >= 0.3 is 6.03 Å². The molecule has 5 rings (SSSR count). The highest BCUT2D eigenvalue weighted by atomic mass is 32.1. The van der Waals surface area contributed by atoms with Gasteiger partial charge in [-0.05, 0) is 24.5 Å². The first-order chi connectivity index (χ1) is 11.8. The maximum absolute atomic E-state index is 12.9. The van der Waals surface area contributed by atoms with Crippen molar-refractivity contribution < 1.29 is 9.53 Å². The number of carbonyl (C=O) groups excluding carboxylic acids is 1. The molecule has 2 aliphatic heterocycles. The monoisotopic (exact) mass is 341 g/mol. The van der Waals surface area contributed by atoms with Gasteiger partial charge in [0, 0.05) is 24.1 Å².